The van der Waals surface area contributed by atoms with Crippen LogP contribution < -0.4 is 0 Å². The molecule has 0 aromatic heterocycles. The Bertz CT molecular complexity index is 223. The van der Waals surface area contributed by atoms with E-state index in [1.165, 1.54) is 0 Å². The van der Waals surface area contributed by atoms with Crippen molar-refractivity contribution in [1.29, 1.82) is 5.26 Å². The van der Waals surface area contributed by atoms with Crippen molar-refractivity contribution >= 4 is 5.97 Å². The van der Waals surface area contributed by atoms with Crippen LogP contribution in [0.25, 0.3) is 0 Å². The zero-order valence-electron chi connectivity index (χ0n) is 7.46. The van der Waals surface area contributed by atoms with E-state index in [2.05, 4.69) is 6.07 Å². The molecule has 0 aromatic carbocycles. The van der Waals surface area contributed by atoms with E-state index < -0.39 is 0 Å². The molecular weight excluding hydrogens is 154 g/mol. The molecule has 0 unspecified atom stereocenters. The van der Waals surface area contributed by atoms with Crippen molar-refractivity contribution in [3.63, 3.8) is 0 Å². The normalized spacial score (nSPS) is 33.2. The second kappa shape index (κ2) is 3.14. The van der Waals surface area contributed by atoms with Crippen molar-refractivity contribution < 1.29 is 9.53 Å². The number of hydrogen-bond donors (Lipinski definition) is 0. The van der Waals surface area contributed by atoms with E-state index in [9.17, 15) is 4.79 Å². The molecule has 1 saturated carbocycles. The Morgan fingerprint density at radius 1 is 1.75 bits per heavy atom. The quantitative estimate of drug-likeness (QED) is 0.585. The Morgan fingerprint density at radius 3 is 2.75 bits per heavy atom. The van der Waals surface area contributed by atoms with Gasteiger partial charge in [-0.25, -0.2) is 0 Å². The monoisotopic (exact) mass is 167 g/mol. The summed E-state index contributed by atoms with van der Waals surface area (Å²) in [5, 5.41) is 8.53. The van der Waals surface area contributed by atoms with Gasteiger partial charge in [0.1, 0.15) is 0 Å². The molecule has 66 valence electrons. The molecule has 0 aromatic rings. The van der Waals surface area contributed by atoms with Gasteiger partial charge >= 0.3 is 5.97 Å². The fraction of sp³-hybridized carbons (Fsp3) is 0.778. The third-order valence-corrected chi connectivity index (χ3v) is 2.34. The van der Waals surface area contributed by atoms with Gasteiger partial charge in [-0.1, -0.05) is 0 Å². The van der Waals surface area contributed by atoms with E-state index in [0.29, 0.717) is 19.4 Å². The number of ether oxygens (including phenoxy) is 1. The van der Waals surface area contributed by atoms with E-state index in [0.717, 1.165) is 0 Å². The van der Waals surface area contributed by atoms with Gasteiger partial charge in [0, 0.05) is 5.92 Å². The molecular formula is C9H13NO2. The summed E-state index contributed by atoms with van der Waals surface area (Å²) in [7, 11) is 0. The highest BCUT2D eigenvalue weighted by molar-refractivity contribution is 5.77. The summed E-state index contributed by atoms with van der Waals surface area (Å²) in [5.41, 5.74) is -0.379. The van der Waals surface area contributed by atoms with Crippen LogP contribution in [0, 0.1) is 22.7 Å². The van der Waals surface area contributed by atoms with Crippen LogP contribution in [-0.4, -0.2) is 12.6 Å². The smallest absolute Gasteiger partial charge is 0.311 e. The van der Waals surface area contributed by atoms with Crippen molar-refractivity contribution in [2.45, 2.75) is 26.7 Å². The highest BCUT2D eigenvalue weighted by Gasteiger charge is 2.47. The minimum atomic E-state index is -0.379. The Morgan fingerprint density at radius 2 is 2.33 bits per heavy atom. The van der Waals surface area contributed by atoms with Gasteiger partial charge in [-0.05, 0) is 26.7 Å². The van der Waals surface area contributed by atoms with E-state index in [1.807, 2.05) is 6.92 Å². The van der Waals surface area contributed by atoms with E-state index in [-0.39, 0.29) is 17.3 Å². The average molecular weight is 167 g/mol. The lowest BCUT2D eigenvalue weighted by Gasteiger charge is -2.39. The number of carbonyl (C=O) groups excluding carboxylic acids is 1. The summed E-state index contributed by atoms with van der Waals surface area (Å²) in [6.07, 6.45) is 1.31. The summed E-state index contributed by atoms with van der Waals surface area (Å²) in [6.45, 7) is 4.08. The second-order valence-electron chi connectivity index (χ2n) is 3.52. The third-order valence-electron chi connectivity index (χ3n) is 2.34. The van der Waals surface area contributed by atoms with Crippen LogP contribution in [0.1, 0.15) is 26.7 Å². The zero-order valence-corrected chi connectivity index (χ0v) is 7.46. The number of hydrogen-bond acceptors (Lipinski definition) is 3. The van der Waals surface area contributed by atoms with Crippen molar-refractivity contribution in [1.82, 2.24) is 0 Å². The van der Waals surface area contributed by atoms with Gasteiger partial charge in [-0.3, -0.25) is 4.79 Å². The first-order chi connectivity index (χ1) is 5.62. The van der Waals surface area contributed by atoms with Crippen LogP contribution in [0.3, 0.4) is 0 Å². The molecule has 3 heteroatoms. The minimum Gasteiger partial charge on any atom is -0.466 e. The maximum absolute atomic E-state index is 11.3. The van der Waals surface area contributed by atoms with Crippen molar-refractivity contribution in [3.8, 4) is 6.07 Å². The van der Waals surface area contributed by atoms with Crippen molar-refractivity contribution in [2.75, 3.05) is 6.61 Å². The molecule has 1 aliphatic carbocycles. The van der Waals surface area contributed by atoms with E-state index in [1.54, 1.807) is 6.92 Å². The average Bonchev–Trinajstić information content (AvgIpc) is 1.99. The summed E-state index contributed by atoms with van der Waals surface area (Å²) < 4.78 is 4.89. The van der Waals surface area contributed by atoms with Gasteiger partial charge in [0.2, 0.25) is 0 Å². The molecule has 0 aliphatic heterocycles. The van der Waals surface area contributed by atoms with Gasteiger partial charge in [-0.15, -0.1) is 0 Å². The highest BCUT2D eigenvalue weighted by Crippen LogP contribution is 2.45. The number of nitrogens with zero attached hydrogens (tertiary/aromatic N) is 1. The van der Waals surface area contributed by atoms with Gasteiger partial charge in [0.05, 0.1) is 18.1 Å². The molecule has 0 saturated heterocycles. The molecule has 0 heterocycles. The summed E-state index contributed by atoms with van der Waals surface area (Å²) in [4.78, 5) is 11.3. The first-order valence-electron chi connectivity index (χ1n) is 4.19. The maximum atomic E-state index is 11.3. The molecule has 0 atom stereocenters. The van der Waals surface area contributed by atoms with Crippen LogP contribution in [0.15, 0.2) is 0 Å². The lowest BCUT2D eigenvalue weighted by molar-refractivity contribution is -0.161. The lowest BCUT2D eigenvalue weighted by Crippen LogP contribution is -2.41. The molecule has 1 rings (SSSR count). The van der Waals surface area contributed by atoms with Crippen LogP contribution in [-0.2, 0) is 9.53 Å². The fourth-order valence-corrected chi connectivity index (χ4v) is 1.59. The largest absolute Gasteiger partial charge is 0.466 e. The van der Waals surface area contributed by atoms with Gasteiger partial charge in [-0.2, -0.15) is 5.26 Å². The molecule has 3 nitrogen and oxygen atoms in total. The predicted molar refractivity (Wildman–Crippen MR) is 43.1 cm³/mol. The Hall–Kier alpha value is -1.04. The second-order valence-corrected chi connectivity index (χ2v) is 3.52. The number of carbonyl (C=O) groups is 1. The number of rotatable bonds is 2. The Labute approximate surface area is 72.3 Å². The maximum Gasteiger partial charge on any atom is 0.311 e. The molecule has 0 bridgehead atoms. The minimum absolute atomic E-state index is 0.0550. The molecule has 1 aliphatic rings. The van der Waals surface area contributed by atoms with Crippen LogP contribution in [0.4, 0.5) is 0 Å². The van der Waals surface area contributed by atoms with Crippen LogP contribution in [0.2, 0.25) is 0 Å². The third kappa shape index (κ3) is 1.42. The van der Waals surface area contributed by atoms with Gasteiger partial charge in [0.15, 0.2) is 0 Å². The summed E-state index contributed by atoms with van der Waals surface area (Å²) >= 11 is 0. The molecule has 0 N–H and O–H groups in total. The van der Waals surface area contributed by atoms with E-state index in [4.69, 9.17) is 10.00 Å². The van der Waals surface area contributed by atoms with E-state index >= 15 is 0 Å². The molecule has 12 heavy (non-hydrogen) atoms. The Kier molecular flexibility index (Phi) is 2.37. The van der Waals surface area contributed by atoms with Gasteiger partial charge < -0.3 is 4.74 Å². The van der Waals surface area contributed by atoms with Crippen molar-refractivity contribution in [3.05, 3.63) is 0 Å². The predicted octanol–water partition coefficient (Wildman–Crippen LogP) is 1.49. The van der Waals surface area contributed by atoms with Crippen molar-refractivity contribution in [2.24, 2.45) is 11.3 Å². The standard InChI is InChI=1S/C9H13NO2/c1-3-12-8(11)9(2)4-7(5-9)6-10/h7H,3-5H2,1-2H3. The van der Waals surface area contributed by atoms with Gasteiger partial charge in [0.25, 0.3) is 0 Å². The number of nitriles is 1. The number of esters is 1. The summed E-state index contributed by atoms with van der Waals surface area (Å²) in [6, 6.07) is 2.15. The topological polar surface area (TPSA) is 50.1 Å². The van der Waals surface area contributed by atoms with Crippen LogP contribution >= 0.6 is 0 Å². The van der Waals surface area contributed by atoms with Crippen LogP contribution in [0.5, 0.6) is 0 Å². The molecule has 0 radical (unpaired) electrons. The molecule has 0 amide bonds. The lowest BCUT2D eigenvalue weighted by atomic mass is 9.64. The first kappa shape index (κ1) is 9.05. The Balaban J connectivity index is 2.44. The molecule has 0 spiro atoms. The molecule has 1 fully saturated rings. The summed E-state index contributed by atoms with van der Waals surface area (Å²) in [5.74, 6) is -0.101. The zero-order chi connectivity index (χ0) is 9.19. The fourth-order valence-electron chi connectivity index (χ4n) is 1.59. The SMILES string of the molecule is CCOC(=O)C1(C)CC(C#N)C1. The highest BCUT2D eigenvalue weighted by atomic mass is 16.5. The first-order valence-corrected chi connectivity index (χ1v) is 4.19.